The molecule has 16 heavy (non-hydrogen) atoms. The zero-order valence-electron chi connectivity index (χ0n) is 8.45. The summed E-state index contributed by atoms with van der Waals surface area (Å²) in [6.07, 6.45) is 3.56. The zero-order chi connectivity index (χ0) is 11.4. The van der Waals surface area contributed by atoms with E-state index in [1.54, 1.807) is 12.4 Å². The number of hydrogen-bond acceptors (Lipinski definition) is 2. The van der Waals surface area contributed by atoms with Crippen molar-refractivity contribution in [3.63, 3.8) is 0 Å². The maximum absolute atomic E-state index is 6.00. The summed E-state index contributed by atoms with van der Waals surface area (Å²) >= 11 is 9.45. The van der Waals surface area contributed by atoms with E-state index in [9.17, 15) is 0 Å². The van der Waals surface area contributed by atoms with Crippen LogP contribution in [0, 0.1) is 0 Å². The Balaban J connectivity index is 2.08. The maximum Gasteiger partial charge on any atom is 0.0593 e. The first-order chi connectivity index (χ1) is 7.77. The number of hydrogen-bond donors (Lipinski definition) is 1. The van der Waals surface area contributed by atoms with Crippen LogP contribution in [0.1, 0.15) is 5.56 Å². The van der Waals surface area contributed by atoms with Crippen molar-refractivity contribution < 1.29 is 0 Å². The number of anilines is 1. The molecule has 0 aliphatic carbocycles. The first-order valence-electron chi connectivity index (χ1n) is 4.84. The molecule has 0 saturated carbocycles. The molecule has 0 atom stereocenters. The monoisotopic (exact) mass is 296 g/mol. The highest BCUT2D eigenvalue weighted by Gasteiger charge is 2.02. The number of halogens is 2. The third-order valence-corrected chi connectivity index (χ3v) is 3.58. The van der Waals surface area contributed by atoms with Crippen LogP contribution >= 0.6 is 27.5 Å². The van der Waals surface area contributed by atoms with E-state index in [-0.39, 0.29) is 0 Å². The summed E-state index contributed by atoms with van der Waals surface area (Å²) in [5.74, 6) is 0. The number of pyridine rings is 1. The maximum atomic E-state index is 6.00. The van der Waals surface area contributed by atoms with Gasteiger partial charge in [-0.15, -0.1) is 0 Å². The van der Waals surface area contributed by atoms with Gasteiger partial charge in [-0.25, -0.2) is 0 Å². The molecule has 2 nitrogen and oxygen atoms in total. The van der Waals surface area contributed by atoms with Crippen LogP contribution in [0.25, 0.3) is 0 Å². The van der Waals surface area contributed by atoms with Gasteiger partial charge in [-0.1, -0.05) is 17.7 Å². The summed E-state index contributed by atoms with van der Waals surface area (Å²) in [5.41, 5.74) is 2.17. The van der Waals surface area contributed by atoms with E-state index >= 15 is 0 Å². The molecule has 2 aromatic rings. The minimum atomic E-state index is 0.708. The summed E-state index contributed by atoms with van der Waals surface area (Å²) in [7, 11) is 0. The summed E-state index contributed by atoms with van der Waals surface area (Å²) in [5, 5.41) is 4.02. The molecule has 0 fully saturated rings. The highest BCUT2D eigenvalue weighted by atomic mass is 79.9. The van der Waals surface area contributed by atoms with E-state index in [1.807, 2.05) is 30.3 Å². The zero-order valence-corrected chi connectivity index (χ0v) is 10.8. The Morgan fingerprint density at radius 1 is 1.19 bits per heavy atom. The fraction of sp³-hybridized carbons (Fsp3) is 0.0833. The minimum Gasteiger partial charge on any atom is -0.380 e. The number of rotatable bonds is 3. The van der Waals surface area contributed by atoms with Gasteiger partial charge >= 0.3 is 0 Å². The Labute approximate surface area is 108 Å². The second-order valence-electron chi connectivity index (χ2n) is 3.31. The molecule has 0 amide bonds. The first kappa shape index (κ1) is 11.4. The standard InChI is InChI=1S/C12H10BrClN2/c13-12-10(14)2-1-3-11(12)16-8-9-4-6-15-7-5-9/h1-7,16H,8H2. The molecule has 0 bridgehead atoms. The average Bonchev–Trinajstić information content (AvgIpc) is 2.32. The lowest BCUT2D eigenvalue weighted by Crippen LogP contribution is -1.99. The molecule has 0 saturated heterocycles. The molecule has 0 aliphatic heterocycles. The van der Waals surface area contributed by atoms with Crippen molar-refractivity contribution in [2.24, 2.45) is 0 Å². The predicted molar refractivity (Wildman–Crippen MR) is 70.7 cm³/mol. The fourth-order valence-electron chi connectivity index (χ4n) is 1.34. The molecular weight excluding hydrogens is 288 g/mol. The van der Waals surface area contributed by atoms with Gasteiger partial charge in [0.15, 0.2) is 0 Å². The van der Waals surface area contributed by atoms with Gasteiger partial charge in [0, 0.05) is 18.9 Å². The Morgan fingerprint density at radius 3 is 2.69 bits per heavy atom. The van der Waals surface area contributed by atoms with Crippen LogP contribution in [0.15, 0.2) is 47.2 Å². The number of aromatic nitrogens is 1. The topological polar surface area (TPSA) is 24.9 Å². The highest BCUT2D eigenvalue weighted by molar-refractivity contribution is 9.10. The minimum absolute atomic E-state index is 0.708. The quantitative estimate of drug-likeness (QED) is 0.922. The third kappa shape index (κ3) is 2.74. The van der Waals surface area contributed by atoms with Gasteiger partial charge in [-0.2, -0.15) is 0 Å². The van der Waals surface area contributed by atoms with Crippen LogP contribution in [-0.2, 0) is 6.54 Å². The van der Waals surface area contributed by atoms with E-state index in [1.165, 1.54) is 5.56 Å². The van der Waals surface area contributed by atoms with Crippen LogP contribution in [0.2, 0.25) is 5.02 Å². The van der Waals surface area contributed by atoms with Gasteiger partial charge in [0.05, 0.1) is 15.2 Å². The Hall–Kier alpha value is -1.06. The Bertz CT molecular complexity index is 474. The van der Waals surface area contributed by atoms with Gasteiger partial charge in [0.25, 0.3) is 0 Å². The molecule has 0 unspecified atom stereocenters. The molecule has 4 heteroatoms. The summed E-state index contributed by atoms with van der Waals surface area (Å²) < 4.78 is 0.894. The van der Waals surface area contributed by atoms with Crippen molar-refractivity contribution in [2.75, 3.05) is 5.32 Å². The molecular formula is C12H10BrClN2. The molecule has 1 heterocycles. The molecule has 1 aromatic heterocycles. The van der Waals surface area contributed by atoms with E-state index in [0.29, 0.717) is 5.02 Å². The molecule has 1 N–H and O–H groups in total. The molecule has 82 valence electrons. The largest absolute Gasteiger partial charge is 0.380 e. The van der Waals surface area contributed by atoms with Crippen LogP contribution in [-0.4, -0.2) is 4.98 Å². The smallest absolute Gasteiger partial charge is 0.0593 e. The van der Waals surface area contributed by atoms with E-state index < -0.39 is 0 Å². The second kappa shape index (κ2) is 5.32. The number of benzene rings is 1. The van der Waals surface area contributed by atoms with Crippen molar-refractivity contribution in [1.29, 1.82) is 0 Å². The average molecular weight is 298 g/mol. The Morgan fingerprint density at radius 2 is 1.94 bits per heavy atom. The molecule has 0 radical (unpaired) electrons. The van der Waals surface area contributed by atoms with Crippen molar-refractivity contribution in [1.82, 2.24) is 4.98 Å². The third-order valence-electron chi connectivity index (χ3n) is 2.18. The highest BCUT2D eigenvalue weighted by Crippen LogP contribution is 2.30. The van der Waals surface area contributed by atoms with Gasteiger partial charge in [0.1, 0.15) is 0 Å². The van der Waals surface area contributed by atoms with Crippen LogP contribution in [0.3, 0.4) is 0 Å². The van der Waals surface area contributed by atoms with Crippen LogP contribution in [0.5, 0.6) is 0 Å². The van der Waals surface area contributed by atoms with Gasteiger partial charge in [0.2, 0.25) is 0 Å². The lowest BCUT2D eigenvalue weighted by molar-refractivity contribution is 1.12. The first-order valence-corrected chi connectivity index (χ1v) is 6.01. The summed E-state index contributed by atoms with van der Waals surface area (Å²) in [6, 6.07) is 9.71. The fourth-order valence-corrected chi connectivity index (χ4v) is 1.92. The predicted octanol–water partition coefficient (Wildman–Crippen LogP) is 4.11. The van der Waals surface area contributed by atoms with Crippen LogP contribution < -0.4 is 5.32 Å². The van der Waals surface area contributed by atoms with Crippen molar-refractivity contribution >= 4 is 33.2 Å². The van der Waals surface area contributed by atoms with Crippen molar-refractivity contribution in [3.05, 3.63) is 57.8 Å². The summed E-state index contributed by atoms with van der Waals surface area (Å²) in [6.45, 7) is 0.751. The van der Waals surface area contributed by atoms with Crippen LogP contribution in [0.4, 0.5) is 5.69 Å². The van der Waals surface area contributed by atoms with Crippen molar-refractivity contribution in [2.45, 2.75) is 6.54 Å². The lowest BCUT2D eigenvalue weighted by atomic mass is 10.2. The molecule has 1 aromatic carbocycles. The SMILES string of the molecule is Clc1cccc(NCc2ccncc2)c1Br. The van der Waals surface area contributed by atoms with Gasteiger partial charge in [-0.05, 0) is 45.8 Å². The van der Waals surface area contributed by atoms with E-state index in [4.69, 9.17) is 11.6 Å². The molecule has 0 aliphatic rings. The number of nitrogens with one attached hydrogen (secondary N) is 1. The molecule has 0 spiro atoms. The normalized spacial score (nSPS) is 10.1. The van der Waals surface area contributed by atoms with Gasteiger partial charge in [-0.3, -0.25) is 4.98 Å². The second-order valence-corrected chi connectivity index (χ2v) is 4.51. The Kier molecular flexibility index (Phi) is 3.80. The van der Waals surface area contributed by atoms with E-state index in [2.05, 4.69) is 26.2 Å². The van der Waals surface area contributed by atoms with Crippen molar-refractivity contribution in [3.8, 4) is 0 Å². The lowest BCUT2D eigenvalue weighted by Gasteiger charge is -2.09. The summed E-state index contributed by atoms with van der Waals surface area (Å²) in [4.78, 5) is 3.97. The van der Waals surface area contributed by atoms with E-state index in [0.717, 1.165) is 16.7 Å². The number of nitrogens with zero attached hydrogens (tertiary/aromatic N) is 1. The van der Waals surface area contributed by atoms with Gasteiger partial charge < -0.3 is 5.32 Å². The molecule has 2 rings (SSSR count).